The third-order valence-electron chi connectivity index (χ3n) is 6.71. The number of ether oxygens (including phenoxy) is 2. The molecule has 1 atom stereocenters. The highest BCUT2D eigenvalue weighted by Gasteiger charge is 2.44. The van der Waals surface area contributed by atoms with E-state index < -0.39 is 35.0 Å². The number of nitrogens with zero attached hydrogens (tertiary/aromatic N) is 3. The second-order valence-corrected chi connectivity index (χ2v) is 8.99. The van der Waals surface area contributed by atoms with Crippen molar-refractivity contribution in [3.8, 4) is 5.75 Å². The van der Waals surface area contributed by atoms with Gasteiger partial charge < -0.3 is 19.7 Å². The minimum atomic E-state index is -0.824. The van der Waals surface area contributed by atoms with Crippen molar-refractivity contribution in [2.45, 2.75) is 26.2 Å². The van der Waals surface area contributed by atoms with Crippen molar-refractivity contribution in [1.82, 2.24) is 14.9 Å². The molecule has 2 aromatic carbocycles. The van der Waals surface area contributed by atoms with Crippen molar-refractivity contribution in [3.05, 3.63) is 98.5 Å². The first-order chi connectivity index (χ1) is 18.3. The Kier molecular flexibility index (Phi) is 6.85. The Morgan fingerprint density at radius 2 is 1.89 bits per heavy atom. The second kappa shape index (κ2) is 10.3. The van der Waals surface area contributed by atoms with Gasteiger partial charge in [-0.1, -0.05) is 36.4 Å². The molecule has 5 rings (SSSR count). The maximum atomic E-state index is 14.2. The van der Waals surface area contributed by atoms with E-state index in [4.69, 9.17) is 9.47 Å². The van der Waals surface area contributed by atoms with Gasteiger partial charge in [-0.3, -0.25) is 19.4 Å². The van der Waals surface area contributed by atoms with Crippen molar-refractivity contribution in [3.63, 3.8) is 0 Å². The van der Waals surface area contributed by atoms with Gasteiger partial charge in [0.05, 0.1) is 12.2 Å². The lowest BCUT2D eigenvalue weighted by molar-refractivity contribution is 0.0695. The molecule has 3 aromatic rings. The highest BCUT2D eigenvalue weighted by atomic mass is 19.1. The van der Waals surface area contributed by atoms with Gasteiger partial charge in [0, 0.05) is 31.8 Å². The van der Waals surface area contributed by atoms with Crippen LogP contribution in [-0.2, 0) is 17.9 Å². The van der Waals surface area contributed by atoms with Crippen LogP contribution in [0, 0.1) is 11.6 Å². The van der Waals surface area contributed by atoms with Crippen LogP contribution in [0.5, 0.6) is 5.75 Å². The molecule has 0 aliphatic carbocycles. The van der Waals surface area contributed by atoms with Crippen LogP contribution in [0.3, 0.4) is 0 Å². The van der Waals surface area contributed by atoms with Gasteiger partial charge in [-0.25, -0.2) is 13.5 Å². The predicted molar refractivity (Wildman–Crippen MR) is 133 cm³/mol. The summed E-state index contributed by atoms with van der Waals surface area (Å²) in [6.07, 6.45) is -0.683. The Morgan fingerprint density at radius 3 is 2.58 bits per heavy atom. The first-order valence-electron chi connectivity index (χ1n) is 12.1. The van der Waals surface area contributed by atoms with Crippen molar-refractivity contribution >= 4 is 11.8 Å². The van der Waals surface area contributed by atoms with Gasteiger partial charge >= 0.3 is 0 Å². The van der Waals surface area contributed by atoms with Crippen molar-refractivity contribution in [2.75, 3.05) is 31.9 Å². The largest absolute Gasteiger partial charge is 0.482 e. The van der Waals surface area contributed by atoms with Crippen LogP contribution in [0.2, 0.25) is 0 Å². The van der Waals surface area contributed by atoms with Crippen molar-refractivity contribution in [2.24, 2.45) is 0 Å². The van der Waals surface area contributed by atoms with Gasteiger partial charge in [0.25, 0.3) is 11.8 Å². The monoisotopic (exact) mass is 524 g/mol. The molecular formula is C27H26F2N4O5. The summed E-state index contributed by atoms with van der Waals surface area (Å²) in [5.74, 6) is -3.01. The normalized spacial score (nSPS) is 16.0. The summed E-state index contributed by atoms with van der Waals surface area (Å²) in [7, 11) is 1.45. The number of halogens is 2. The van der Waals surface area contributed by atoms with E-state index in [1.165, 1.54) is 17.9 Å². The van der Waals surface area contributed by atoms with Crippen LogP contribution in [0.1, 0.15) is 50.7 Å². The Morgan fingerprint density at radius 1 is 1.13 bits per heavy atom. The van der Waals surface area contributed by atoms with Gasteiger partial charge in [0.2, 0.25) is 5.43 Å². The van der Waals surface area contributed by atoms with Crippen LogP contribution in [0.15, 0.2) is 53.3 Å². The van der Waals surface area contributed by atoms with E-state index in [1.54, 1.807) is 4.90 Å². The standard InChI is InChI=1S/C27H26F2N4O5/c1-3-31-15-32-13-20(37-2)22-21(26(35)30-12-17-9-10-18(28)11-19(17)29)24(34)25(23(27(31)36)33(22)32)38-14-16-7-5-4-6-8-16/h4-11,20H,3,12-15H2,1-2H3,(H,30,35). The number of nitrogens with one attached hydrogen (secondary N) is 1. The number of methoxy groups -OCH3 is 1. The quantitative estimate of drug-likeness (QED) is 0.487. The van der Waals surface area contributed by atoms with E-state index >= 15 is 0 Å². The summed E-state index contributed by atoms with van der Waals surface area (Å²) in [6, 6.07) is 12.1. The smallest absolute Gasteiger partial charge is 0.277 e. The lowest BCUT2D eigenvalue weighted by atomic mass is 10.1. The fraction of sp³-hybridized carbons (Fsp3) is 0.296. The van der Waals surface area contributed by atoms with E-state index in [9.17, 15) is 23.2 Å². The van der Waals surface area contributed by atoms with Gasteiger partial charge in [-0.15, -0.1) is 0 Å². The number of hydrogen-bond donors (Lipinski definition) is 1. The Bertz CT molecular complexity index is 1460. The van der Waals surface area contributed by atoms with Crippen LogP contribution >= 0.6 is 0 Å². The average Bonchev–Trinajstić information content (AvgIpc) is 3.27. The molecule has 9 nitrogen and oxygen atoms in total. The number of rotatable bonds is 8. The summed E-state index contributed by atoms with van der Waals surface area (Å²) in [4.78, 5) is 42.3. The van der Waals surface area contributed by atoms with E-state index in [0.717, 1.165) is 11.6 Å². The van der Waals surface area contributed by atoms with E-state index in [-0.39, 0.29) is 48.1 Å². The molecule has 0 spiro atoms. The molecule has 1 N–H and O–H groups in total. The molecular weight excluding hydrogens is 498 g/mol. The molecule has 2 aliphatic heterocycles. The van der Waals surface area contributed by atoms with Gasteiger partial charge in [-0.2, -0.15) is 0 Å². The summed E-state index contributed by atoms with van der Waals surface area (Å²) in [6.45, 7) is 2.48. The zero-order chi connectivity index (χ0) is 27.0. The van der Waals surface area contributed by atoms with Gasteiger partial charge in [0.1, 0.15) is 36.6 Å². The molecule has 0 fully saturated rings. The molecule has 198 valence electrons. The lowest BCUT2D eigenvalue weighted by Gasteiger charge is -2.37. The van der Waals surface area contributed by atoms with Crippen LogP contribution in [0.4, 0.5) is 8.78 Å². The van der Waals surface area contributed by atoms with E-state index in [2.05, 4.69) is 5.32 Å². The van der Waals surface area contributed by atoms with Crippen LogP contribution in [0.25, 0.3) is 0 Å². The van der Waals surface area contributed by atoms with Crippen molar-refractivity contribution in [1.29, 1.82) is 0 Å². The molecule has 0 saturated carbocycles. The highest BCUT2D eigenvalue weighted by molar-refractivity contribution is 6.00. The summed E-state index contributed by atoms with van der Waals surface area (Å²) < 4.78 is 40.6. The number of carbonyl (C=O) groups is 2. The SMILES string of the molecule is CCN1CN2CC(OC)c3c(C(=O)NCc4ccc(F)cc4F)c(=O)c(OCc4ccccc4)c(n32)C1=O. The minimum absolute atomic E-state index is 0.00259. The van der Waals surface area contributed by atoms with E-state index in [1.807, 2.05) is 42.3 Å². The predicted octanol–water partition coefficient (Wildman–Crippen LogP) is 2.71. The molecule has 38 heavy (non-hydrogen) atoms. The third kappa shape index (κ3) is 4.38. The fourth-order valence-corrected chi connectivity index (χ4v) is 4.77. The molecule has 3 heterocycles. The number of hydrogen-bond acceptors (Lipinski definition) is 6. The number of amides is 2. The number of benzene rings is 2. The number of pyridine rings is 1. The zero-order valence-electron chi connectivity index (χ0n) is 20.9. The first kappa shape index (κ1) is 25.4. The first-order valence-corrected chi connectivity index (χ1v) is 12.1. The van der Waals surface area contributed by atoms with E-state index in [0.29, 0.717) is 19.2 Å². The summed E-state index contributed by atoms with van der Waals surface area (Å²) in [5, 5.41) is 4.37. The summed E-state index contributed by atoms with van der Waals surface area (Å²) in [5.41, 5.74) is 0.0365. The maximum Gasteiger partial charge on any atom is 0.277 e. The minimum Gasteiger partial charge on any atom is -0.482 e. The van der Waals surface area contributed by atoms with Gasteiger partial charge in [0.15, 0.2) is 11.4 Å². The van der Waals surface area contributed by atoms with Crippen LogP contribution < -0.4 is 20.5 Å². The molecule has 2 aliphatic rings. The molecule has 0 bridgehead atoms. The zero-order valence-corrected chi connectivity index (χ0v) is 20.9. The fourth-order valence-electron chi connectivity index (χ4n) is 4.77. The second-order valence-electron chi connectivity index (χ2n) is 8.99. The Hall–Kier alpha value is -4.25. The van der Waals surface area contributed by atoms with Crippen molar-refractivity contribution < 1.29 is 27.8 Å². The highest BCUT2D eigenvalue weighted by Crippen LogP contribution is 2.35. The maximum absolute atomic E-state index is 14.2. The Labute approximate surface area is 217 Å². The average molecular weight is 525 g/mol. The van der Waals surface area contributed by atoms with Crippen LogP contribution in [-0.4, -0.2) is 48.3 Å². The molecule has 0 radical (unpaired) electrons. The molecule has 0 saturated heterocycles. The van der Waals surface area contributed by atoms with Gasteiger partial charge in [-0.05, 0) is 18.6 Å². The molecule has 2 amide bonds. The number of carbonyl (C=O) groups excluding carboxylic acids is 2. The molecule has 1 unspecified atom stereocenters. The number of aromatic nitrogens is 1. The lowest BCUT2D eigenvalue weighted by Crippen LogP contribution is -2.53. The molecule has 11 heteroatoms. The Balaban J connectivity index is 1.60. The summed E-state index contributed by atoms with van der Waals surface area (Å²) >= 11 is 0. The topological polar surface area (TPSA) is 93.1 Å². The molecule has 1 aromatic heterocycles. The third-order valence-corrected chi connectivity index (χ3v) is 6.71.